The van der Waals surface area contributed by atoms with Gasteiger partial charge in [-0.25, -0.2) is 14.4 Å². The number of carbonyl (C=O) groups is 1. The lowest BCUT2D eigenvalue weighted by atomic mass is 10.2. The van der Waals surface area contributed by atoms with Gasteiger partial charge in [-0.2, -0.15) is 0 Å². The van der Waals surface area contributed by atoms with Crippen LogP contribution in [-0.4, -0.2) is 15.9 Å². The summed E-state index contributed by atoms with van der Waals surface area (Å²) in [6.07, 6.45) is 1.84. The minimum Gasteiger partial charge on any atom is -0.302 e. The molecule has 0 atom stereocenters. The molecule has 0 unspecified atom stereocenters. The number of carbonyl (C=O) groups excluding carboxylic acids is 1. The van der Waals surface area contributed by atoms with Gasteiger partial charge >= 0.3 is 0 Å². The van der Waals surface area contributed by atoms with E-state index in [-0.39, 0.29) is 18.1 Å². The highest BCUT2D eigenvalue weighted by atomic mass is 32.2. The zero-order valence-corrected chi connectivity index (χ0v) is 14.3. The Kier molecular flexibility index (Phi) is 5.37. The fourth-order valence-electron chi connectivity index (χ4n) is 1.80. The van der Waals surface area contributed by atoms with Crippen LogP contribution < -0.4 is 5.32 Å². The lowest BCUT2D eigenvalue weighted by Crippen LogP contribution is -2.14. The van der Waals surface area contributed by atoms with Crippen molar-refractivity contribution in [3.63, 3.8) is 0 Å². The van der Waals surface area contributed by atoms with Crippen LogP contribution in [0.3, 0.4) is 0 Å². The summed E-state index contributed by atoms with van der Waals surface area (Å²) < 4.78 is 14.4. The third-order valence-corrected chi connectivity index (χ3v) is 5.67. The van der Waals surface area contributed by atoms with Crippen molar-refractivity contribution in [1.29, 1.82) is 0 Å². The summed E-state index contributed by atoms with van der Waals surface area (Å²) in [6, 6.07) is 6.70. The van der Waals surface area contributed by atoms with Crippen LogP contribution in [0.1, 0.15) is 11.3 Å². The van der Waals surface area contributed by atoms with E-state index in [9.17, 15) is 9.18 Å². The summed E-state index contributed by atoms with van der Waals surface area (Å²) in [5.74, 6) is 0.167. The normalized spacial score (nSPS) is 10.7. The Bertz CT molecular complexity index is 789. The number of thiazole rings is 2. The molecule has 0 spiro atoms. The summed E-state index contributed by atoms with van der Waals surface area (Å²) >= 11 is 4.30. The number of benzene rings is 1. The van der Waals surface area contributed by atoms with Gasteiger partial charge in [0.1, 0.15) is 10.2 Å². The van der Waals surface area contributed by atoms with Crippen molar-refractivity contribution in [1.82, 2.24) is 9.97 Å². The second kappa shape index (κ2) is 7.67. The highest BCUT2D eigenvalue weighted by Gasteiger charge is 2.10. The van der Waals surface area contributed by atoms with Crippen LogP contribution >= 0.6 is 34.4 Å². The van der Waals surface area contributed by atoms with Crippen LogP contribution in [0.4, 0.5) is 9.52 Å². The summed E-state index contributed by atoms with van der Waals surface area (Å²) in [7, 11) is 0. The maximum atomic E-state index is 13.6. The standard InChI is InChI=1S/C15H12FN3OS3/c16-12-4-2-1-3-10(12)8-22-15-18-11(9-23-15)7-13(20)19-14-17-5-6-21-14/h1-6,9H,7-8H2,(H,17,19,20). The molecule has 1 amide bonds. The van der Waals surface area contributed by atoms with Crippen molar-refractivity contribution in [2.75, 3.05) is 5.32 Å². The number of nitrogens with zero attached hydrogens (tertiary/aromatic N) is 2. The number of anilines is 1. The summed E-state index contributed by atoms with van der Waals surface area (Å²) in [5, 5.41) is 6.96. The molecule has 0 fully saturated rings. The quantitative estimate of drug-likeness (QED) is 0.665. The molecule has 3 rings (SSSR count). The Hall–Kier alpha value is -1.77. The van der Waals surface area contributed by atoms with Crippen molar-refractivity contribution in [2.45, 2.75) is 16.5 Å². The highest BCUT2D eigenvalue weighted by molar-refractivity contribution is 8.00. The molecular weight excluding hydrogens is 353 g/mol. The van der Waals surface area contributed by atoms with E-state index in [0.717, 1.165) is 4.34 Å². The molecule has 8 heteroatoms. The molecule has 0 saturated carbocycles. The molecule has 3 aromatic rings. The van der Waals surface area contributed by atoms with Crippen molar-refractivity contribution in [3.05, 3.63) is 58.3 Å². The molecular formula is C15H12FN3OS3. The van der Waals surface area contributed by atoms with Gasteiger partial charge in [-0.05, 0) is 11.6 Å². The number of hydrogen-bond donors (Lipinski definition) is 1. The average Bonchev–Trinajstić information content (AvgIpc) is 3.18. The van der Waals surface area contributed by atoms with Gasteiger partial charge in [-0.3, -0.25) is 4.79 Å². The van der Waals surface area contributed by atoms with Gasteiger partial charge in [0.05, 0.1) is 12.1 Å². The third kappa shape index (κ3) is 4.60. The molecule has 0 bridgehead atoms. The maximum absolute atomic E-state index is 13.6. The number of amides is 1. The largest absolute Gasteiger partial charge is 0.302 e. The average molecular weight is 365 g/mol. The Labute approximate surface area is 144 Å². The van der Waals surface area contributed by atoms with Crippen LogP contribution in [0.5, 0.6) is 0 Å². The van der Waals surface area contributed by atoms with Gasteiger partial charge in [0, 0.05) is 22.7 Å². The Morgan fingerprint density at radius 3 is 2.96 bits per heavy atom. The molecule has 0 aliphatic heterocycles. The first-order valence-electron chi connectivity index (χ1n) is 6.70. The van der Waals surface area contributed by atoms with Gasteiger partial charge < -0.3 is 5.32 Å². The second-order valence-corrected chi connectivity index (χ2v) is 7.52. The summed E-state index contributed by atoms with van der Waals surface area (Å²) in [4.78, 5) is 20.3. The topological polar surface area (TPSA) is 54.9 Å². The van der Waals surface area contributed by atoms with E-state index >= 15 is 0 Å². The Balaban J connectivity index is 1.53. The zero-order chi connectivity index (χ0) is 16.1. The van der Waals surface area contributed by atoms with Gasteiger partial charge in [-0.1, -0.05) is 30.0 Å². The molecule has 0 aliphatic carbocycles. The predicted octanol–water partition coefficient (Wildman–Crippen LogP) is 4.21. The first-order valence-corrected chi connectivity index (χ1v) is 9.45. The molecule has 1 N–H and O–H groups in total. The molecule has 0 saturated heterocycles. The first kappa shape index (κ1) is 16.1. The van der Waals surface area contributed by atoms with E-state index in [2.05, 4.69) is 15.3 Å². The number of hydrogen-bond acceptors (Lipinski definition) is 6. The van der Waals surface area contributed by atoms with Crippen molar-refractivity contribution in [3.8, 4) is 0 Å². The van der Waals surface area contributed by atoms with Crippen LogP contribution in [0, 0.1) is 5.82 Å². The van der Waals surface area contributed by atoms with E-state index in [1.807, 2.05) is 11.4 Å². The molecule has 118 valence electrons. The number of aromatic nitrogens is 2. The monoisotopic (exact) mass is 365 g/mol. The minimum atomic E-state index is -0.209. The molecule has 2 heterocycles. The van der Waals surface area contributed by atoms with Crippen LogP contribution in [0.2, 0.25) is 0 Å². The van der Waals surface area contributed by atoms with Crippen LogP contribution in [-0.2, 0) is 17.0 Å². The fraction of sp³-hybridized carbons (Fsp3) is 0.133. The zero-order valence-electron chi connectivity index (χ0n) is 11.9. The lowest BCUT2D eigenvalue weighted by Gasteiger charge is -2.00. The molecule has 1 aromatic carbocycles. The van der Waals surface area contributed by atoms with E-state index in [4.69, 9.17) is 0 Å². The maximum Gasteiger partial charge on any atom is 0.232 e. The van der Waals surface area contributed by atoms with Crippen molar-refractivity contribution >= 4 is 45.5 Å². The van der Waals surface area contributed by atoms with Gasteiger partial charge in [-0.15, -0.1) is 22.7 Å². The molecule has 2 aromatic heterocycles. The van der Waals surface area contributed by atoms with Crippen LogP contribution in [0.15, 0.2) is 45.6 Å². The molecule has 0 aliphatic rings. The summed E-state index contributed by atoms with van der Waals surface area (Å²) in [6.45, 7) is 0. The second-order valence-electron chi connectivity index (χ2n) is 4.55. The van der Waals surface area contributed by atoms with E-state index in [1.54, 1.807) is 23.7 Å². The third-order valence-electron chi connectivity index (χ3n) is 2.86. The summed E-state index contributed by atoms with van der Waals surface area (Å²) in [5.41, 5.74) is 1.36. The minimum absolute atomic E-state index is 0.143. The molecule has 0 radical (unpaired) electrons. The fourth-order valence-corrected chi connectivity index (χ4v) is 4.18. The Morgan fingerprint density at radius 1 is 1.30 bits per heavy atom. The molecule has 4 nitrogen and oxygen atoms in total. The van der Waals surface area contributed by atoms with E-state index in [0.29, 0.717) is 22.1 Å². The van der Waals surface area contributed by atoms with E-state index < -0.39 is 0 Å². The lowest BCUT2D eigenvalue weighted by molar-refractivity contribution is -0.115. The Morgan fingerprint density at radius 2 is 2.17 bits per heavy atom. The first-order chi connectivity index (χ1) is 11.2. The van der Waals surface area contributed by atoms with Crippen molar-refractivity contribution < 1.29 is 9.18 Å². The predicted molar refractivity (Wildman–Crippen MR) is 92.5 cm³/mol. The highest BCUT2D eigenvalue weighted by Crippen LogP contribution is 2.27. The van der Waals surface area contributed by atoms with Gasteiger partial charge in [0.15, 0.2) is 5.13 Å². The number of thioether (sulfide) groups is 1. The van der Waals surface area contributed by atoms with Crippen molar-refractivity contribution in [2.24, 2.45) is 0 Å². The number of rotatable bonds is 6. The number of halogens is 1. The number of nitrogens with one attached hydrogen (secondary N) is 1. The van der Waals surface area contributed by atoms with Crippen LogP contribution in [0.25, 0.3) is 0 Å². The van der Waals surface area contributed by atoms with Gasteiger partial charge in [0.2, 0.25) is 5.91 Å². The smallest absolute Gasteiger partial charge is 0.232 e. The van der Waals surface area contributed by atoms with Gasteiger partial charge in [0.25, 0.3) is 0 Å². The SMILES string of the molecule is O=C(Cc1csc(SCc2ccccc2F)n1)Nc1nccs1. The molecule has 23 heavy (non-hydrogen) atoms. The van der Waals surface area contributed by atoms with E-state index in [1.165, 1.54) is 40.5 Å².